The molecule has 0 saturated heterocycles. The second-order valence-electron chi connectivity index (χ2n) is 10.6. The van der Waals surface area contributed by atoms with E-state index >= 15 is 0 Å². The van der Waals surface area contributed by atoms with Gasteiger partial charge in [0.2, 0.25) is 0 Å². The van der Waals surface area contributed by atoms with Crippen LogP contribution in [0.15, 0.2) is 78.9 Å². The molecule has 0 spiro atoms. The number of amides is 2. The molecule has 4 aromatic rings. The van der Waals surface area contributed by atoms with Crippen molar-refractivity contribution in [2.24, 2.45) is 0 Å². The van der Waals surface area contributed by atoms with Crippen LogP contribution in [0.2, 0.25) is 0 Å². The summed E-state index contributed by atoms with van der Waals surface area (Å²) in [5.74, 6) is -0.214. The lowest BCUT2D eigenvalue weighted by Gasteiger charge is -2.24. The minimum Gasteiger partial charge on any atom is -0.444 e. The molecule has 0 bridgehead atoms. The van der Waals surface area contributed by atoms with Crippen LogP contribution in [0.1, 0.15) is 57.4 Å². The standard InChI is InChI=1S/C32H37N3O3/c1-5-6-17-25(34-31(37)38-32(2,3)4)21-33-30(36)29-28(23-15-11-8-12-16-23)26-20-24(18-19-27(26)35-29)22-13-9-7-10-14-22/h7-16,18-20,25,35H,5-6,17,21H2,1-4H3,(H,33,36)(H,34,37)/t25-/m0/s1. The maximum atomic E-state index is 13.6. The molecule has 1 atom stereocenters. The molecule has 198 valence electrons. The summed E-state index contributed by atoms with van der Waals surface area (Å²) in [4.78, 5) is 29.3. The fourth-order valence-electron chi connectivity index (χ4n) is 4.53. The minimum absolute atomic E-state index is 0.214. The molecule has 1 heterocycles. The number of alkyl carbamates (subject to hydrolysis) is 1. The Morgan fingerprint density at radius 2 is 1.55 bits per heavy atom. The highest BCUT2D eigenvalue weighted by Gasteiger charge is 2.23. The van der Waals surface area contributed by atoms with Crippen LogP contribution in [-0.4, -0.2) is 35.2 Å². The second kappa shape index (κ2) is 12.0. The second-order valence-corrected chi connectivity index (χ2v) is 10.6. The van der Waals surface area contributed by atoms with Gasteiger partial charge in [-0.1, -0.05) is 86.5 Å². The summed E-state index contributed by atoms with van der Waals surface area (Å²) in [5.41, 5.74) is 4.83. The number of ether oxygens (including phenoxy) is 1. The highest BCUT2D eigenvalue weighted by molar-refractivity contribution is 6.10. The average molecular weight is 512 g/mol. The van der Waals surface area contributed by atoms with E-state index in [4.69, 9.17) is 4.74 Å². The van der Waals surface area contributed by atoms with Gasteiger partial charge >= 0.3 is 6.09 Å². The number of benzene rings is 3. The Kier molecular flexibility index (Phi) is 8.52. The monoisotopic (exact) mass is 511 g/mol. The minimum atomic E-state index is -0.587. The van der Waals surface area contributed by atoms with Crippen LogP contribution in [0, 0.1) is 0 Å². The summed E-state index contributed by atoms with van der Waals surface area (Å²) in [7, 11) is 0. The first kappa shape index (κ1) is 27.0. The van der Waals surface area contributed by atoms with Gasteiger partial charge in [0, 0.05) is 29.1 Å². The van der Waals surface area contributed by atoms with E-state index < -0.39 is 11.7 Å². The first-order valence-corrected chi connectivity index (χ1v) is 13.3. The quantitative estimate of drug-likeness (QED) is 0.220. The zero-order valence-electron chi connectivity index (χ0n) is 22.6. The molecule has 0 aliphatic rings. The van der Waals surface area contributed by atoms with Crippen molar-refractivity contribution in [2.75, 3.05) is 6.54 Å². The number of hydrogen-bond acceptors (Lipinski definition) is 3. The van der Waals surface area contributed by atoms with Crippen molar-refractivity contribution >= 4 is 22.9 Å². The van der Waals surface area contributed by atoms with Gasteiger partial charge in [-0.25, -0.2) is 4.79 Å². The van der Waals surface area contributed by atoms with Crippen LogP contribution >= 0.6 is 0 Å². The van der Waals surface area contributed by atoms with E-state index in [9.17, 15) is 9.59 Å². The van der Waals surface area contributed by atoms with Crippen LogP contribution < -0.4 is 10.6 Å². The fraction of sp³-hybridized carbons (Fsp3) is 0.312. The van der Waals surface area contributed by atoms with Gasteiger partial charge in [-0.2, -0.15) is 0 Å². The Balaban J connectivity index is 1.62. The van der Waals surface area contributed by atoms with E-state index in [1.165, 1.54) is 0 Å². The SMILES string of the molecule is CCCC[C@@H](CNC(=O)c1[nH]c2ccc(-c3ccccc3)cc2c1-c1ccccc1)NC(=O)OC(C)(C)C. The lowest BCUT2D eigenvalue weighted by atomic mass is 9.98. The van der Waals surface area contributed by atoms with Crippen LogP contribution in [0.3, 0.4) is 0 Å². The number of unbranched alkanes of at least 4 members (excludes halogenated alkanes) is 1. The Hall–Kier alpha value is -4.06. The Labute approximate surface area is 224 Å². The van der Waals surface area contributed by atoms with E-state index in [1.807, 2.05) is 75.4 Å². The molecular weight excluding hydrogens is 474 g/mol. The van der Waals surface area contributed by atoms with Gasteiger partial charge in [0.15, 0.2) is 0 Å². The van der Waals surface area contributed by atoms with Crippen LogP contribution in [0.5, 0.6) is 0 Å². The molecule has 38 heavy (non-hydrogen) atoms. The number of H-pyrrole nitrogens is 1. The highest BCUT2D eigenvalue weighted by atomic mass is 16.6. The number of carbonyl (C=O) groups is 2. The molecule has 3 aromatic carbocycles. The van der Waals surface area contributed by atoms with E-state index in [0.29, 0.717) is 12.2 Å². The number of fused-ring (bicyclic) bond motifs is 1. The average Bonchev–Trinajstić information content (AvgIpc) is 3.29. The molecule has 2 amide bonds. The molecule has 0 aliphatic heterocycles. The van der Waals surface area contributed by atoms with Crippen molar-refractivity contribution in [1.82, 2.24) is 15.6 Å². The Morgan fingerprint density at radius 1 is 0.895 bits per heavy atom. The van der Waals surface area contributed by atoms with Gasteiger partial charge in [-0.15, -0.1) is 0 Å². The van der Waals surface area contributed by atoms with E-state index in [-0.39, 0.29) is 11.9 Å². The number of carbonyl (C=O) groups excluding carboxylic acids is 2. The van der Waals surface area contributed by atoms with Crippen molar-refractivity contribution in [3.63, 3.8) is 0 Å². The number of aromatic nitrogens is 1. The van der Waals surface area contributed by atoms with E-state index in [1.54, 1.807) is 0 Å². The molecule has 0 fully saturated rings. The van der Waals surface area contributed by atoms with Gasteiger partial charge in [-0.3, -0.25) is 4.79 Å². The zero-order chi connectivity index (χ0) is 27.1. The predicted molar refractivity (Wildman–Crippen MR) is 154 cm³/mol. The molecule has 1 aromatic heterocycles. The molecule has 0 radical (unpaired) electrons. The third-order valence-corrected chi connectivity index (χ3v) is 6.33. The van der Waals surface area contributed by atoms with Crippen LogP contribution in [0.4, 0.5) is 4.79 Å². The normalized spacial score (nSPS) is 12.2. The van der Waals surface area contributed by atoms with Crippen LogP contribution in [-0.2, 0) is 4.74 Å². The first-order valence-electron chi connectivity index (χ1n) is 13.3. The van der Waals surface area contributed by atoms with Crippen molar-refractivity contribution in [3.8, 4) is 22.3 Å². The van der Waals surface area contributed by atoms with Gasteiger partial charge in [0.05, 0.1) is 0 Å². The number of rotatable bonds is 9. The third-order valence-electron chi connectivity index (χ3n) is 6.33. The van der Waals surface area contributed by atoms with Gasteiger partial charge in [0.1, 0.15) is 11.3 Å². The molecule has 6 nitrogen and oxygen atoms in total. The Morgan fingerprint density at radius 3 is 2.18 bits per heavy atom. The first-order chi connectivity index (χ1) is 18.2. The third kappa shape index (κ3) is 6.82. The molecule has 3 N–H and O–H groups in total. The van der Waals surface area contributed by atoms with E-state index in [0.717, 1.165) is 52.4 Å². The van der Waals surface area contributed by atoms with Gasteiger partial charge < -0.3 is 20.4 Å². The fourth-order valence-corrected chi connectivity index (χ4v) is 4.53. The molecule has 0 unspecified atom stereocenters. The smallest absolute Gasteiger partial charge is 0.407 e. The molecule has 4 rings (SSSR count). The maximum Gasteiger partial charge on any atom is 0.407 e. The number of nitrogens with one attached hydrogen (secondary N) is 3. The van der Waals surface area contributed by atoms with Crippen molar-refractivity contribution in [1.29, 1.82) is 0 Å². The largest absolute Gasteiger partial charge is 0.444 e. The summed E-state index contributed by atoms with van der Waals surface area (Å²) >= 11 is 0. The van der Waals surface area contributed by atoms with Crippen molar-refractivity contribution in [3.05, 3.63) is 84.6 Å². The number of aromatic amines is 1. The van der Waals surface area contributed by atoms with Crippen molar-refractivity contribution < 1.29 is 14.3 Å². The van der Waals surface area contributed by atoms with Crippen LogP contribution in [0.25, 0.3) is 33.2 Å². The van der Waals surface area contributed by atoms with Gasteiger partial charge in [-0.05, 0) is 56.0 Å². The predicted octanol–water partition coefficient (Wildman–Crippen LogP) is 7.32. The molecular formula is C32H37N3O3. The zero-order valence-corrected chi connectivity index (χ0v) is 22.6. The molecule has 0 aliphatic carbocycles. The maximum absolute atomic E-state index is 13.6. The lowest BCUT2D eigenvalue weighted by molar-refractivity contribution is 0.0498. The number of hydrogen-bond donors (Lipinski definition) is 3. The summed E-state index contributed by atoms with van der Waals surface area (Å²) in [6.45, 7) is 7.90. The van der Waals surface area contributed by atoms with E-state index in [2.05, 4.69) is 46.8 Å². The highest BCUT2D eigenvalue weighted by Crippen LogP contribution is 2.35. The molecule has 6 heteroatoms. The summed E-state index contributed by atoms with van der Waals surface area (Å²) < 4.78 is 5.44. The Bertz CT molecular complexity index is 1370. The summed E-state index contributed by atoms with van der Waals surface area (Å²) in [6.07, 6.45) is 2.19. The van der Waals surface area contributed by atoms with Gasteiger partial charge in [0.25, 0.3) is 5.91 Å². The summed E-state index contributed by atoms with van der Waals surface area (Å²) in [6, 6.07) is 26.1. The summed E-state index contributed by atoms with van der Waals surface area (Å²) in [5, 5.41) is 6.96. The molecule has 0 saturated carbocycles. The topological polar surface area (TPSA) is 83.2 Å². The lowest BCUT2D eigenvalue weighted by Crippen LogP contribution is -2.45. The van der Waals surface area contributed by atoms with Crippen molar-refractivity contribution in [2.45, 2.75) is 58.6 Å².